The van der Waals surface area contributed by atoms with Crippen molar-refractivity contribution in [2.24, 2.45) is 5.84 Å². The molecule has 6 heteroatoms. The van der Waals surface area contributed by atoms with E-state index in [4.69, 9.17) is 5.84 Å². The summed E-state index contributed by atoms with van der Waals surface area (Å²) in [6.45, 7) is 5.00. The van der Waals surface area contributed by atoms with Crippen LogP contribution < -0.4 is 16.6 Å². The van der Waals surface area contributed by atoms with Crippen molar-refractivity contribution >= 4 is 23.5 Å². The Balaban J connectivity index is 2.05. The van der Waals surface area contributed by atoms with Gasteiger partial charge in [0.1, 0.15) is 5.82 Å². The predicted octanol–water partition coefficient (Wildman–Crippen LogP) is 2.34. The first-order chi connectivity index (χ1) is 10.1. The van der Waals surface area contributed by atoms with Crippen LogP contribution in [0.5, 0.6) is 0 Å². The number of nitrogens with zero attached hydrogens (tertiary/aromatic N) is 1. The maximum Gasteiger partial charge on any atom is 0.251 e. The summed E-state index contributed by atoms with van der Waals surface area (Å²) >= 11 is 1.94. The molecule has 0 aliphatic carbocycles. The minimum Gasteiger partial charge on any atom is -0.351 e. The zero-order chi connectivity index (χ0) is 15.3. The van der Waals surface area contributed by atoms with E-state index < -0.39 is 0 Å². The number of pyridine rings is 1. The van der Waals surface area contributed by atoms with E-state index in [1.54, 1.807) is 6.07 Å². The normalized spacial score (nSPS) is 21.3. The van der Waals surface area contributed by atoms with Crippen LogP contribution in [0.1, 0.15) is 49.2 Å². The molecule has 5 nitrogen and oxygen atoms in total. The Labute approximate surface area is 130 Å². The number of carbonyl (C=O) groups excluding carboxylic acids is 1. The summed E-state index contributed by atoms with van der Waals surface area (Å²) < 4.78 is 0.171. The van der Waals surface area contributed by atoms with Crippen LogP contribution in [0.15, 0.2) is 12.1 Å². The lowest BCUT2D eigenvalue weighted by atomic mass is 10.1. The molecular weight excluding hydrogens is 284 g/mol. The van der Waals surface area contributed by atoms with Crippen molar-refractivity contribution in [3.05, 3.63) is 23.4 Å². The van der Waals surface area contributed by atoms with Crippen molar-refractivity contribution in [1.82, 2.24) is 10.3 Å². The molecule has 21 heavy (non-hydrogen) atoms. The van der Waals surface area contributed by atoms with E-state index in [2.05, 4.69) is 29.6 Å². The highest BCUT2D eigenvalue weighted by molar-refractivity contribution is 8.00. The second kappa shape index (κ2) is 7.13. The summed E-state index contributed by atoms with van der Waals surface area (Å²) in [4.78, 5) is 16.7. The quantitative estimate of drug-likeness (QED) is 0.555. The van der Waals surface area contributed by atoms with E-state index in [1.807, 2.05) is 17.8 Å². The molecule has 1 aliphatic rings. The van der Waals surface area contributed by atoms with Crippen LogP contribution in [0.4, 0.5) is 5.82 Å². The number of nitrogens with one attached hydrogen (secondary N) is 2. The number of nitrogens with two attached hydrogens (primary N) is 1. The van der Waals surface area contributed by atoms with Crippen molar-refractivity contribution in [2.75, 3.05) is 17.7 Å². The zero-order valence-corrected chi connectivity index (χ0v) is 13.6. The molecule has 1 unspecified atom stereocenters. The number of hydrogen-bond acceptors (Lipinski definition) is 5. The van der Waals surface area contributed by atoms with Crippen LogP contribution in [0, 0.1) is 0 Å². The second-order valence-corrected chi connectivity index (χ2v) is 7.39. The molecule has 2 rings (SSSR count). The largest absolute Gasteiger partial charge is 0.351 e. The summed E-state index contributed by atoms with van der Waals surface area (Å²) in [5.41, 5.74) is 4.04. The maximum absolute atomic E-state index is 12.4. The topological polar surface area (TPSA) is 80.0 Å². The molecule has 1 amide bonds. The predicted molar refractivity (Wildman–Crippen MR) is 88.5 cm³/mol. The number of carbonyl (C=O) groups is 1. The molecule has 1 saturated heterocycles. The molecule has 1 aromatic rings. The van der Waals surface area contributed by atoms with Crippen LogP contribution in [-0.4, -0.2) is 27.9 Å². The van der Waals surface area contributed by atoms with Gasteiger partial charge >= 0.3 is 0 Å². The number of hydrogen-bond donors (Lipinski definition) is 3. The van der Waals surface area contributed by atoms with Gasteiger partial charge in [0, 0.05) is 22.5 Å². The smallest absolute Gasteiger partial charge is 0.251 e. The van der Waals surface area contributed by atoms with Gasteiger partial charge in [-0.25, -0.2) is 10.8 Å². The average molecular weight is 308 g/mol. The van der Waals surface area contributed by atoms with Crippen LogP contribution in [0.3, 0.4) is 0 Å². The molecule has 0 bridgehead atoms. The van der Waals surface area contributed by atoms with Gasteiger partial charge in [0.15, 0.2) is 0 Å². The first kappa shape index (κ1) is 16.1. The summed E-state index contributed by atoms with van der Waals surface area (Å²) in [6, 6.07) is 3.54. The standard InChI is InChI=1S/C15H24N4OS/c1-3-5-12-8-11(9-13(18-12)19-16)14(20)17-10-15(2)6-4-7-21-15/h8-9H,3-7,10,16H2,1-2H3,(H,17,20)(H,18,19). The number of aryl methyl sites for hydroxylation is 1. The Bertz CT molecular complexity index is 500. The molecule has 0 spiro atoms. The van der Waals surface area contributed by atoms with Crippen molar-refractivity contribution in [2.45, 2.75) is 44.3 Å². The van der Waals surface area contributed by atoms with E-state index in [9.17, 15) is 4.79 Å². The van der Waals surface area contributed by atoms with E-state index >= 15 is 0 Å². The molecule has 1 aliphatic heterocycles. The minimum atomic E-state index is -0.0556. The summed E-state index contributed by atoms with van der Waals surface area (Å²) in [7, 11) is 0. The Morgan fingerprint density at radius 3 is 2.95 bits per heavy atom. The van der Waals surface area contributed by atoms with Gasteiger partial charge in [-0.3, -0.25) is 4.79 Å². The molecule has 116 valence electrons. The fourth-order valence-corrected chi connectivity index (χ4v) is 3.77. The van der Waals surface area contributed by atoms with Gasteiger partial charge in [0.05, 0.1) is 0 Å². The van der Waals surface area contributed by atoms with Gasteiger partial charge in [-0.15, -0.1) is 0 Å². The monoisotopic (exact) mass is 308 g/mol. The first-order valence-electron chi connectivity index (χ1n) is 7.46. The zero-order valence-electron chi connectivity index (χ0n) is 12.7. The molecule has 2 heterocycles. The Kier molecular flexibility index (Phi) is 5.47. The highest BCUT2D eigenvalue weighted by atomic mass is 32.2. The number of anilines is 1. The van der Waals surface area contributed by atoms with Crippen LogP contribution in [0.2, 0.25) is 0 Å². The minimum absolute atomic E-state index is 0.0556. The number of amides is 1. The highest BCUT2D eigenvalue weighted by Gasteiger charge is 2.29. The number of nitrogen functional groups attached to an aromatic ring is 1. The lowest BCUT2D eigenvalue weighted by Crippen LogP contribution is -2.36. The number of thioether (sulfide) groups is 1. The number of rotatable bonds is 6. The second-order valence-electron chi connectivity index (χ2n) is 5.71. The van der Waals surface area contributed by atoms with Gasteiger partial charge in [0.25, 0.3) is 5.91 Å². The molecule has 0 radical (unpaired) electrons. The van der Waals surface area contributed by atoms with Gasteiger partial charge in [-0.1, -0.05) is 13.3 Å². The van der Waals surface area contributed by atoms with E-state index in [1.165, 1.54) is 12.2 Å². The lowest BCUT2D eigenvalue weighted by molar-refractivity contribution is 0.0949. The molecule has 1 atom stereocenters. The van der Waals surface area contributed by atoms with Crippen LogP contribution in [0.25, 0.3) is 0 Å². The van der Waals surface area contributed by atoms with Crippen molar-refractivity contribution < 1.29 is 4.79 Å². The molecule has 1 aromatic heterocycles. The number of aromatic nitrogens is 1. The van der Waals surface area contributed by atoms with Gasteiger partial charge < -0.3 is 10.7 Å². The van der Waals surface area contributed by atoms with E-state index in [0.29, 0.717) is 17.9 Å². The number of hydrazine groups is 1. The van der Waals surface area contributed by atoms with Gasteiger partial charge in [-0.05, 0) is 44.1 Å². The highest BCUT2D eigenvalue weighted by Crippen LogP contribution is 2.36. The third kappa shape index (κ3) is 4.35. The first-order valence-corrected chi connectivity index (χ1v) is 8.44. The summed E-state index contributed by atoms with van der Waals surface area (Å²) in [6.07, 6.45) is 4.21. The molecule has 0 aromatic carbocycles. The van der Waals surface area contributed by atoms with Crippen LogP contribution >= 0.6 is 11.8 Å². The summed E-state index contributed by atoms with van der Waals surface area (Å²) in [5.74, 6) is 7.09. The van der Waals surface area contributed by atoms with E-state index in [0.717, 1.165) is 25.0 Å². The fourth-order valence-electron chi connectivity index (χ4n) is 2.52. The van der Waals surface area contributed by atoms with Gasteiger partial charge in [-0.2, -0.15) is 11.8 Å². The Morgan fingerprint density at radius 2 is 2.33 bits per heavy atom. The fraction of sp³-hybridized carbons (Fsp3) is 0.600. The SMILES string of the molecule is CCCc1cc(C(=O)NCC2(C)CCCS2)cc(NN)n1. The van der Waals surface area contributed by atoms with Crippen molar-refractivity contribution in [3.63, 3.8) is 0 Å². The molecule has 0 saturated carbocycles. The van der Waals surface area contributed by atoms with Crippen molar-refractivity contribution in [3.8, 4) is 0 Å². The van der Waals surface area contributed by atoms with Crippen LogP contribution in [-0.2, 0) is 6.42 Å². The van der Waals surface area contributed by atoms with Gasteiger partial charge in [0.2, 0.25) is 0 Å². The average Bonchev–Trinajstić information content (AvgIpc) is 2.92. The third-order valence-electron chi connectivity index (χ3n) is 3.72. The van der Waals surface area contributed by atoms with Crippen molar-refractivity contribution in [1.29, 1.82) is 0 Å². The Hall–Kier alpha value is -1.27. The molecule has 1 fully saturated rings. The molecular formula is C15H24N4OS. The molecule has 4 N–H and O–H groups in total. The summed E-state index contributed by atoms with van der Waals surface area (Å²) in [5, 5.41) is 3.05. The third-order valence-corrected chi connectivity index (χ3v) is 5.26. The maximum atomic E-state index is 12.4. The van der Waals surface area contributed by atoms with E-state index in [-0.39, 0.29) is 10.7 Å². The lowest BCUT2D eigenvalue weighted by Gasteiger charge is -2.23. The Morgan fingerprint density at radius 1 is 1.52 bits per heavy atom.